The maximum atomic E-state index is 12.9. The molecule has 0 unspecified atom stereocenters. The molecule has 1 amide bonds. The van der Waals surface area contributed by atoms with Crippen LogP contribution in [-0.4, -0.2) is 37.6 Å². The lowest BCUT2D eigenvalue weighted by atomic mass is 10.3. The summed E-state index contributed by atoms with van der Waals surface area (Å²) in [5.41, 5.74) is 0.356. The smallest absolute Gasteiger partial charge is 0.495 e. The number of carbonyl (C=O) groups is 1. The van der Waals surface area contributed by atoms with Gasteiger partial charge in [-0.25, -0.2) is 8.42 Å². The average molecular weight is 549 g/mol. The summed E-state index contributed by atoms with van der Waals surface area (Å²) in [6, 6.07) is 8.65. The fourth-order valence-corrected chi connectivity index (χ4v) is 4.27. The number of alkyl halides is 3. The Bertz CT molecular complexity index is 1290. The summed E-state index contributed by atoms with van der Waals surface area (Å²) in [4.78, 5) is 12.0. The van der Waals surface area contributed by atoms with Crippen molar-refractivity contribution in [2.24, 2.45) is 7.05 Å². The molecule has 0 aliphatic heterocycles. The van der Waals surface area contributed by atoms with E-state index >= 15 is 0 Å². The second kappa shape index (κ2) is 9.31. The number of nitrogens with one attached hydrogen (secondary N) is 2. The molecule has 9 nitrogen and oxygen atoms in total. The Morgan fingerprint density at radius 1 is 1.09 bits per heavy atom. The van der Waals surface area contributed by atoms with Gasteiger partial charge in [-0.2, -0.15) is 5.10 Å². The van der Waals surface area contributed by atoms with Crippen molar-refractivity contribution in [3.63, 3.8) is 0 Å². The number of halogens is 4. The van der Waals surface area contributed by atoms with E-state index in [1.165, 1.54) is 54.4 Å². The van der Waals surface area contributed by atoms with Crippen molar-refractivity contribution in [1.29, 1.82) is 0 Å². The number of aromatic nitrogens is 2. The highest BCUT2D eigenvalue weighted by atomic mass is 79.9. The predicted octanol–water partition coefficient (Wildman–Crippen LogP) is 4.14. The number of rotatable bonds is 7. The van der Waals surface area contributed by atoms with Gasteiger partial charge in [-0.15, -0.1) is 13.2 Å². The highest BCUT2D eigenvalue weighted by molar-refractivity contribution is 9.10. The van der Waals surface area contributed by atoms with Gasteiger partial charge in [0.25, 0.3) is 15.9 Å². The molecular weight excluding hydrogens is 533 g/mol. The van der Waals surface area contributed by atoms with Gasteiger partial charge < -0.3 is 14.8 Å². The molecular formula is C19H16BrF3N4O5S. The van der Waals surface area contributed by atoms with Gasteiger partial charge in [-0.05, 0) is 46.3 Å². The van der Waals surface area contributed by atoms with Crippen LogP contribution in [0.4, 0.5) is 24.5 Å². The fourth-order valence-electron chi connectivity index (χ4n) is 2.74. The molecule has 1 heterocycles. The van der Waals surface area contributed by atoms with Crippen molar-refractivity contribution in [2.75, 3.05) is 17.1 Å². The first-order chi connectivity index (χ1) is 15.4. The van der Waals surface area contributed by atoms with E-state index in [1.807, 2.05) is 0 Å². The molecule has 0 radical (unpaired) electrons. The Hall–Kier alpha value is -3.26. The van der Waals surface area contributed by atoms with Crippen LogP contribution in [-0.2, 0) is 17.1 Å². The molecule has 176 valence electrons. The number of ether oxygens (including phenoxy) is 2. The summed E-state index contributed by atoms with van der Waals surface area (Å²) >= 11 is 2.91. The molecule has 2 N–H and O–H groups in total. The Labute approximate surface area is 194 Å². The van der Waals surface area contributed by atoms with Crippen molar-refractivity contribution in [2.45, 2.75) is 11.3 Å². The Morgan fingerprint density at radius 2 is 1.76 bits per heavy atom. The minimum atomic E-state index is -4.96. The van der Waals surface area contributed by atoms with Crippen LogP contribution in [0.3, 0.4) is 0 Å². The zero-order chi connectivity index (χ0) is 24.4. The summed E-state index contributed by atoms with van der Waals surface area (Å²) in [6.07, 6.45) is -3.51. The van der Waals surface area contributed by atoms with Crippen LogP contribution in [0, 0.1) is 0 Å². The summed E-state index contributed by atoms with van der Waals surface area (Å²) in [6.45, 7) is 0. The largest absolute Gasteiger partial charge is 0.573 e. The topological polar surface area (TPSA) is 112 Å². The zero-order valence-corrected chi connectivity index (χ0v) is 19.4. The third kappa shape index (κ3) is 5.96. The number of amides is 1. The van der Waals surface area contributed by atoms with Crippen molar-refractivity contribution in [3.05, 3.63) is 58.8 Å². The van der Waals surface area contributed by atoms with Crippen molar-refractivity contribution in [3.8, 4) is 11.5 Å². The minimum Gasteiger partial charge on any atom is -0.495 e. The average Bonchev–Trinajstić information content (AvgIpc) is 3.15. The molecule has 0 aliphatic rings. The zero-order valence-electron chi connectivity index (χ0n) is 17.0. The van der Waals surface area contributed by atoms with Crippen LogP contribution in [0.2, 0.25) is 0 Å². The summed E-state index contributed by atoms with van der Waals surface area (Å²) < 4.78 is 76.0. The minimum absolute atomic E-state index is 0.0196. The third-order valence-electron chi connectivity index (χ3n) is 4.17. The first-order valence-electron chi connectivity index (χ1n) is 8.95. The lowest BCUT2D eigenvalue weighted by molar-refractivity contribution is -0.274. The van der Waals surface area contributed by atoms with Gasteiger partial charge in [0.15, 0.2) is 0 Å². The molecule has 14 heteroatoms. The van der Waals surface area contributed by atoms with Crippen LogP contribution in [0.5, 0.6) is 11.5 Å². The maximum Gasteiger partial charge on any atom is 0.573 e. The molecule has 0 atom stereocenters. The van der Waals surface area contributed by atoms with Gasteiger partial charge in [0.2, 0.25) is 0 Å². The lowest BCUT2D eigenvalue weighted by Gasteiger charge is -2.15. The van der Waals surface area contributed by atoms with E-state index in [1.54, 1.807) is 7.05 Å². The molecule has 0 aliphatic carbocycles. The van der Waals surface area contributed by atoms with Crippen molar-refractivity contribution >= 4 is 43.2 Å². The van der Waals surface area contributed by atoms with E-state index in [-0.39, 0.29) is 32.2 Å². The van der Waals surface area contributed by atoms with Gasteiger partial charge in [0, 0.05) is 31.1 Å². The van der Waals surface area contributed by atoms with E-state index < -0.39 is 28.0 Å². The molecule has 3 rings (SSSR count). The quantitative estimate of drug-likeness (QED) is 0.459. The van der Waals surface area contributed by atoms with E-state index in [0.717, 1.165) is 6.07 Å². The van der Waals surface area contributed by atoms with E-state index in [9.17, 15) is 26.4 Å². The Kier molecular flexibility index (Phi) is 6.88. The van der Waals surface area contributed by atoms with Crippen LogP contribution >= 0.6 is 15.9 Å². The predicted molar refractivity (Wildman–Crippen MR) is 116 cm³/mol. The first kappa shape index (κ1) is 24.4. The van der Waals surface area contributed by atoms with Gasteiger partial charge >= 0.3 is 6.36 Å². The molecule has 1 aromatic heterocycles. The third-order valence-corrected chi connectivity index (χ3v) is 6.25. The number of nitrogens with zero attached hydrogens (tertiary/aromatic N) is 2. The van der Waals surface area contributed by atoms with Crippen molar-refractivity contribution < 1.29 is 35.9 Å². The van der Waals surface area contributed by atoms with Crippen LogP contribution in [0.15, 0.2) is 58.0 Å². The number of hydrogen-bond donors (Lipinski definition) is 2. The monoisotopic (exact) mass is 548 g/mol. The van der Waals surface area contributed by atoms with Gasteiger partial charge in [0.1, 0.15) is 22.1 Å². The number of carbonyl (C=O) groups excluding carboxylic acids is 1. The summed E-state index contributed by atoms with van der Waals surface area (Å²) in [5, 5.41) is 6.50. The molecule has 0 saturated carbocycles. The number of benzene rings is 2. The normalized spacial score (nSPS) is 11.7. The lowest BCUT2D eigenvalue weighted by Crippen LogP contribution is -2.18. The Morgan fingerprint density at radius 3 is 2.36 bits per heavy atom. The number of hydrogen-bond acceptors (Lipinski definition) is 6. The second-order valence-electron chi connectivity index (χ2n) is 6.46. The van der Waals surface area contributed by atoms with Gasteiger partial charge in [0.05, 0.1) is 17.3 Å². The second-order valence-corrected chi connectivity index (χ2v) is 8.96. The fraction of sp³-hybridized carbons (Fsp3) is 0.158. The SMILES string of the molecule is COc1cc(NC(=O)c2ccnn2C)ccc1S(=O)(=O)Nc1ccc(Br)c(OC(F)(F)F)c1. The highest BCUT2D eigenvalue weighted by Gasteiger charge is 2.32. The van der Waals surface area contributed by atoms with E-state index in [0.29, 0.717) is 0 Å². The molecule has 0 saturated heterocycles. The number of anilines is 2. The maximum absolute atomic E-state index is 12.9. The number of aryl methyl sites for hydroxylation is 1. The number of methoxy groups -OCH3 is 1. The molecule has 33 heavy (non-hydrogen) atoms. The summed E-state index contributed by atoms with van der Waals surface area (Å²) in [5.74, 6) is -1.20. The van der Waals surface area contributed by atoms with E-state index in [4.69, 9.17) is 4.74 Å². The van der Waals surface area contributed by atoms with Crippen LogP contribution < -0.4 is 19.5 Å². The summed E-state index contributed by atoms with van der Waals surface area (Å²) in [7, 11) is -1.46. The highest BCUT2D eigenvalue weighted by Crippen LogP contribution is 2.34. The molecule has 0 spiro atoms. The molecule has 0 fully saturated rings. The Balaban J connectivity index is 1.85. The van der Waals surface area contributed by atoms with Crippen molar-refractivity contribution in [1.82, 2.24) is 9.78 Å². The molecule has 3 aromatic rings. The molecule has 2 aromatic carbocycles. The van der Waals surface area contributed by atoms with Crippen LogP contribution in [0.25, 0.3) is 0 Å². The van der Waals surface area contributed by atoms with Crippen LogP contribution in [0.1, 0.15) is 10.5 Å². The number of sulfonamides is 1. The first-order valence-corrected chi connectivity index (χ1v) is 11.2. The standard InChI is InChI=1S/C19H16BrF3N4O5S/c1-27-14(7-8-24-27)18(28)25-11-4-6-17(16(9-11)31-2)33(29,30)26-12-3-5-13(20)15(10-12)32-19(21,22)23/h3-10,26H,1-2H3,(H,25,28). The molecule has 0 bridgehead atoms. The van der Waals surface area contributed by atoms with E-state index in [2.05, 4.69) is 35.8 Å². The van der Waals surface area contributed by atoms with Gasteiger partial charge in [-0.3, -0.25) is 14.2 Å². The van der Waals surface area contributed by atoms with Gasteiger partial charge in [-0.1, -0.05) is 0 Å².